The summed E-state index contributed by atoms with van der Waals surface area (Å²) in [5.74, 6) is -2.32. The molecule has 21 heteroatoms. The van der Waals surface area contributed by atoms with Crippen molar-refractivity contribution in [2.24, 2.45) is 17.6 Å². The maximum Gasteiger partial charge on any atom is 0.335 e. The first-order chi connectivity index (χ1) is 33.8. The lowest BCUT2D eigenvalue weighted by atomic mass is 9.82. The van der Waals surface area contributed by atoms with Crippen molar-refractivity contribution in [3.63, 3.8) is 0 Å². The van der Waals surface area contributed by atoms with E-state index in [1.807, 2.05) is 0 Å². The molecule has 10 N–H and O–H groups in total. The summed E-state index contributed by atoms with van der Waals surface area (Å²) in [5.41, 5.74) is 5.68. The molecule has 1 saturated carbocycles. The van der Waals surface area contributed by atoms with E-state index >= 15 is 0 Å². The molecule has 21 nitrogen and oxygen atoms in total. The normalized spacial score (nSPS) is 15.3. The van der Waals surface area contributed by atoms with Gasteiger partial charge in [-0.05, 0) is 107 Å². The number of carbonyl (C=O) groups excluding carboxylic acids is 4. The number of hydrogen-bond acceptors (Lipinski definition) is 14. The first-order valence-corrected chi connectivity index (χ1v) is 25.1. The molecule has 1 aromatic carbocycles. The third kappa shape index (κ3) is 32.8. The Labute approximate surface area is 412 Å². The number of nitrogens with one attached hydrogen (secondary N) is 5. The molecule has 4 amide bonds. The highest BCUT2D eigenvalue weighted by Crippen LogP contribution is 2.28. The molecule has 0 heterocycles. The van der Waals surface area contributed by atoms with E-state index in [1.165, 1.54) is 0 Å². The first kappa shape index (κ1) is 61.2. The maximum atomic E-state index is 12.4. The molecule has 2 atom stereocenters. The molecular formula is C49H82N6O15. The zero-order valence-electron chi connectivity index (χ0n) is 41.1. The van der Waals surface area contributed by atoms with E-state index in [-0.39, 0.29) is 108 Å². The van der Waals surface area contributed by atoms with Crippen molar-refractivity contribution < 1.29 is 72.6 Å². The van der Waals surface area contributed by atoms with Crippen LogP contribution in [0.15, 0.2) is 24.3 Å². The fraction of sp³-hybridized carbons (Fsp3) is 0.735. The van der Waals surface area contributed by atoms with Gasteiger partial charge in [-0.1, -0.05) is 38.5 Å². The van der Waals surface area contributed by atoms with Gasteiger partial charge in [-0.25, -0.2) is 4.79 Å². The second kappa shape index (κ2) is 39.8. The van der Waals surface area contributed by atoms with Gasteiger partial charge >= 0.3 is 17.9 Å². The second-order valence-electron chi connectivity index (χ2n) is 17.6. The Morgan fingerprint density at radius 2 is 1.03 bits per heavy atom. The van der Waals surface area contributed by atoms with Gasteiger partial charge in [0, 0.05) is 39.0 Å². The predicted molar refractivity (Wildman–Crippen MR) is 259 cm³/mol. The Kier molecular flexibility index (Phi) is 34.7. The summed E-state index contributed by atoms with van der Waals surface area (Å²) in [7, 11) is 0. The zero-order chi connectivity index (χ0) is 51.0. The van der Waals surface area contributed by atoms with E-state index in [0.717, 1.165) is 77.0 Å². The van der Waals surface area contributed by atoms with E-state index in [2.05, 4.69) is 26.6 Å². The van der Waals surface area contributed by atoms with Crippen LogP contribution in [0.5, 0.6) is 5.75 Å². The van der Waals surface area contributed by atoms with Crippen LogP contribution in [0.25, 0.3) is 0 Å². The lowest BCUT2D eigenvalue weighted by Gasteiger charge is -2.29. The van der Waals surface area contributed by atoms with Crippen LogP contribution in [0.3, 0.4) is 0 Å². The van der Waals surface area contributed by atoms with Crippen molar-refractivity contribution in [3.8, 4) is 5.75 Å². The van der Waals surface area contributed by atoms with Crippen LogP contribution in [0.1, 0.15) is 126 Å². The maximum absolute atomic E-state index is 12.4. The number of hydrogen-bond donors (Lipinski definition) is 9. The molecule has 1 fully saturated rings. The lowest BCUT2D eigenvalue weighted by Crippen LogP contribution is -2.41. The molecule has 0 saturated heterocycles. The SMILES string of the molecule is NC(CCCCNC(=O)COCCOCCNC(=O)COCCOCCNC(=O)CCC(NCC1CCC(CNC(=O)CCCCCCCCCCOc2ccc(C(=O)O)cc2)CC1)C(=O)O)C(=O)O. The van der Waals surface area contributed by atoms with Gasteiger partial charge in [0.25, 0.3) is 0 Å². The van der Waals surface area contributed by atoms with Gasteiger partial charge in [-0.2, -0.15) is 0 Å². The quantitative estimate of drug-likeness (QED) is 0.0425. The molecule has 0 aromatic heterocycles. The molecule has 70 heavy (non-hydrogen) atoms. The minimum absolute atomic E-state index is 0.0538. The summed E-state index contributed by atoms with van der Waals surface area (Å²) in [6.45, 7) is 3.78. The first-order valence-electron chi connectivity index (χ1n) is 25.1. The predicted octanol–water partition coefficient (Wildman–Crippen LogP) is 3.02. The highest BCUT2D eigenvalue weighted by Gasteiger charge is 2.24. The Morgan fingerprint density at radius 1 is 0.514 bits per heavy atom. The van der Waals surface area contributed by atoms with Crippen molar-refractivity contribution >= 4 is 41.5 Å². The monoisotopic (exact) mass is 995 g/mol. The van der Waals surface area contributed by atoms with Crippen LogP contribution in [-0.4, -0.2) is 161 Å². The van der Waals surface area contributed by atoms with Gasteiger partial charge in [0.1, 0.15) is 31.0 Å². The topological polar surface area (TPSA) is 312 Å². The number of carboxylic acids is 3. The highest BCUT2D eigenvalue weighted by atomic mass is 16.5. The number of carbonyl (C=O) groups is 7. The van der Waals surface area contributed by atoms with Gasteiger partial charge in [0.05, 0.1) is 51.8 Å². The number of carboxylic acid groups (broad SMARTS) is 3. The van der Waals surface area contributed by atoms with Gasteiger partial charge in [-0.15, -0.1) is 0 Å². The summed E-state index contributed by atoms with van der Waals surface area (Å²) < 4.78 is 27.0. The number of amides is 4. The Balaban J connectivity index is 1.35. The Morgan fingerprint density at radius 3 is 1.60 bits per heavy atom. The summed E-state index contributed by atoms with van der Waals surface area (Å²) >= 11 is 0. The molecule has 1 aliphatic rings. The fourth-order valence-electron chi connectivity index (χ4n) is 7.54. The molecule has 1 aromatic rings. The molecule has 0 aliphatic heterocycles. The number of ether oxygens (including phenoxy) is 5. The Hall–Kier alpha value is -4.93. The number of benzene rings is 1. The van der Waals surface area contributed by atoms with Crippen LogP contribution in [0, 0.1) is 11.8 Å². The van der Waals surface area contributed by atoms with Crippen molar-refractivity contribution in [2.75, 3.05) is 92.2 Å². The largest absolute Gasteiger partial charge is 0.494 e. The molecular weight excluding hydrogens is 913 g/mol. The van der Waals surface area contributed by atoms with Gasteiger partial charge in [0.2, 0.25) is 23.6 Å². The second-order valence-corrected chi connectivity index (χ2v) is 17.6. The van der Waals surface area contributed by atoms with Crippen molar-refractivity contribution in [3.05, 3.63) is 29.8 Å². The number of aliphatic carboxylic acids is 2. The van der Waals surface area contributed by atoms with Crippen LogP contribution in [0.4, 0.5) is 0 Å². The molecule has 1 aliphatic carbocycles. The molecule has 2 rings (SSSR count). The number of nitrogens with two attached hydrogens (primary N) is 1. The Bertz CT molecular complexity index is 1630. The van der Waals surface area contributed by atoms with Crippen molar-refractivity contribution in [2.45, 2.75) is 128 Å². The molecule has 398 valence electrons. The van der Waals surface area contributed by atoms with E-state index in [4.69, 9.17) is 39.6 Å². The minimum Gasteiger partial charge on any atom is -0.494 e. The fourth-order valence-corrected chi connectivity index (χ4v) is 7.54. The lowest BCUT2D eigenvalue weighted by molar-refractivity contribution is -0.140. The summed E-state index contributed by atoms with van der Waals surface area (Å²) in [4.78, 5) is 82.0. The summed E-state index contributed by atoms with van der Waals surface area (Å²) in [6, 6.07) is 4.72. The average molecular weight is 995 g/mol. The van der Waals surface area contributed by atoms with Crippen LogP contribution >= 0.6 is 0 Å². The van der Waals surface area contributed by atoms with Crippen LogP contribution < -0.4 is 37.1 Å². The molecule has 0 radical (unpaired) electrons. The van der Waals surface area contributed by atoms with E-state index in [0.29, 0.717) is 69.5 Å². The van der Waals surface area contributed by atoms with E-state index < -0.39 is 30.0 Å². The van der Waals surface area contributed by atoms with E-state index in [9.17, 15) is 38.7 Å². The highest BCUT2D eigenvalue weighted by molar-refractivity contribution is 5.87. The van der Waals surface area contributed by atoms with Gasteiger partial charge in [-0.3, -0.25) is 28.8 Å². The van der Waals surface area contributed by atoms with Crippen LogP contribution in [0.2, 0.25) is 0 Å². The standard InChI is InChI=1S/C49H82N6O15/c50-41(48(62)63)11-8-9-23-51-45(58)35-68-31-30-67-28-25-53-46(59)36-69-32-29-66-27-24-52-44(57)22-21-42(49(64)65)54-33-37-13-15-38(16-14-37)34-55-43(56)12-7-5-3-1-2-4-6-10-26-70-40-19-17-39(18-20-40)47(60)61/h17-20,37-38,41-42,54H,1-16,21-36,50H2,(H,51,58)(H,52,57)(H,53,59)(H,55,56)(H,60,61)(H,62,63)(H,64,65). The molecule has 0 spiro atoms. The smallest absolute Gasteiger partial charge is 0.335 e. The van der Waals surface area contributed by atoms with E-state index in [1.54, 1.807) is 24.3 Å². The van der Waals surface area contributed by atoms with Crippen LogP contribution in [-0.2, 0) is 47.7 Å². The molecule has 2 unspecified atom stereocenters. The number of rotatable bonds is 44. The summed E-state index contributed by atoms with van der Waals surface area (Å²) in [5, 5.41) is 41.8. The van der Waals surface area contributed by atoms with Gasteiger partial charge < -0.3 is 71.3 Å². The minimum atomic E-state index is -1.04. The number of aromatic carboxylic acids is 1. The van der Waals surface area contributed by atoms with Gasteiger partial charge in [0.15, 0.2) is 0 Å². The molecule has 0 bridgehead atoms. The van der Waals surface area contributed by atoms with Crippen molar-refractivity contribution in [1.82, 2.24) is 26.6 Å². The summed E-state index contributed by atoms with van der Waals surface area (Å²) in [6.07, 6.45) is 14.7. The zero-order valence-corrected chi connectivity index (χ0v) is 41.1. The third-order valence-corrected chi connectivity index (χ3v) is 11.8. The number of unbranched alkanes of at least 4 members (excludes halogenated alkanes) is 8. The average Bonchev–Trinajstić information content (AvgIpc) is 3.34. The van der Waals surface area contributed by atoms with Crippen molar-refractivity contribution in [1.29, 1.82) is 0 Å². The third-order valence-electron chi connectivity index (χ3n) is 11.8.